The summed E-state index contributed by atoms with van der Waals surface area (Å²) >= 11 is 0. The van der Waals surface area contributed by atoms with Crippen LogP contribution in [0.4, 0.5) is 0 Å². The van der Waals surface area contributed by atoms with Gasteiger partial charge >= 0.3 is 5.63 Å². The third kappa shape index (κ3) is 3.46. The molecule has 0 spiro atoms. The molecule has 1 aliphatic heterocycles. The monoisotopic (exact) mass is 408 g/mol. The van der Waals surface area contributed by atoms with Crippen molar-refractivity contribution < 1.29 is 13.9 Å². The summed E-state index contributed by atoms with van der Waals surface area (Å²) in [6.07, 6.45) is -0.829. The summed E-state index contributed by atoms with van der Waals surface area (Å²) in [5.74, 6) is 0.189. The highest BCUT2D eigenvalue weighted by Gasteiger charge is 2.43. The van der Waals surface area contributed by atoms with Crippen LogP contribution >= 0.6 is 0 Å². The summed E-state index contributed by atoms with van der Waals surface area (Å²) in [6.45, 7) is 1.69. The second-order valence-electron chi connectivity index (χ2n) is 7.66. The normalized spacial score (nSPS) is 17.1. The van der Waals surface area contributed by atoms with Crippen molar-refractivity contribution in [2.24, 2.45) is 0 Å². The second-order valence-corrected chi connectivity index (χ2v) is 7.66. The highest BCUT2D eigenvalue weighted by Crippen LogP contribution is 2.42. The van der Waals surface area contributed by atoms with Crippen molar-refractivity contribution in [1.29, 1.82) is 0 Å². The van der Waals surface area contributed by atoms with E-state index in [9.17, 15) is 9.59 Å². The molecule has 0 N–H and O–H groups in total. The fraction of sp³-hybridized carbons (Fsp3) is 0.111. The minimum absolute atomic E-state index is 0.165. The van der Waals surface area contributed by atoms with Crippen molar-refractivity contribution in [1.82, 2.24) is 0 Å². The molecule has 2 heterocycles. The molecule has 0 fully saturated rings. The van der Waals surface area contributed by atoms with E-state index in [1.807, 2.05) is 84.9 Å². The predicted molar refractivity (Wildman–Crippen MR) is 119 cm³/mol. The zero-order chi connectivity index (χ0) is 21.4. The Kier molecular flexibility index (Phi) is 4.75. The molecule has 5 rings (SSSR count). The van der Waals surface area contributed by atoms with Gasteiger partial charge < -0.3 is 9.15 Å². The summed E-state index contributed by atoms with van der Waals surface area (Å²) < 4.78 is 11.4. The smallest absolute Gasteiger partial charge is 0.343 e. The zero-order valence-electron chi connectivity index (χ0n) is 16.9. The fourth-order valence-electron chi connectivity index (χ4n) is 4.16. The van der Waals surface area contributed by atoms with E-state index in [4.69, 9.17) is 9.15 Å². The van der Waals surface area contributed by atoms with E-state index < -0.39 is 17.6 Å². The van der Waals surface area contributed by atoms with E-state index in [1.54, 1.807) is 13.0 Å². The number of carbonyl (C=O) groups is 1. The highest BCUT2D eigenvalue weighted by atomic mass is 16.5. The fourth-order valence-corrected chi connectivity index (χ4v) is 4.16. The van der Waals surface area contributed by atoms with E-state index in [2.05, 4.69) is 0 Å². The molecule has 152 valence electrons. The highest BCUT2D eigenvalue weighted by molar-refractivity contribution is 6.01. The molecule has 0 aliphatic carbocycles. The van der Waals surface area contributed by atoms with Crippen molar-refractivity contribution in [2.45, 2.75) is 18.9 Å². The Morgan fingerprint density at radius 1 is 0.806 bits per heavy atom. The lowest BCUT2D eigenvalue weighted by molar-refractivity contribution is 0.0806. The van der Waals surface area contributed by atoms with Crippen LogP contribution in [0.1, 0.15) is 33.2 Å². The molecule has 4 nitrogen and oxygen atoms in total. The Morgan fingerprint density at radius 2 is 1.42 bits per heavy atom. The maximum Gasteiger partial charge on any atom is 0.343 e. The number of hydrogen-bond donors (Lipinski definition) is 0. The van der Waals surface area contributed by atoms with Gasteiger partial charge in [-0.25, -0.2) is 4.79 Å². The molecule has 1 aromatic heterocycles. The molecule has 31 heavy (non-hydrogen) atoms. The maximum atomic E-state index is 13.5. The van der Waals surface area contributed by atoms with E-state index >= 15 is 0 Å². The molecule has 2 atom stereocenters. The standard InChI is InChI=1S/C27H20O4/c1-17-16-22-24(27(29)30-17)23(20-10-6-3-7-11-20)26(31-22)25(28)21-14-12-19(13-15-21)18-8-4-2-5-9-18/h2-16,23,26H,1H3. The summed E-state index contributed by atoms with van der Waals surface area (Å²) in [5, 5.41) is 0. The lowest BCUT2D eigenvalue weighted by atomic mass is 9.85. The van der Waals surface area contributed by atoms with Crippen molar-refractivity contribution in [3.05, 3.63) is 124 Å². The van der Waals surface area contributed by atoms with Gasteiger partial charge in [-0.1, -0.05) is 84.9 Å². The first kappa shape index (κ1) is 19.1. The minimum Gasteiger partial charge on any atom is -0.481 e. The molecule has 0 amide bonds. The van der Waals surface area contributed by atoms with Gasteiger partial charge in [0.15, 0.2) is 6.10 Å². The average Bonchev–Trinajstić information content (AvgIpc) is 3.19. The van der Waals surface area contributed by atoms with Gasteiger partial charge in [-0.3, -0.25) is 4.79 Å². The number of fused-ring (bicyclic) bond motifs is 1. The van der Waals surface area contributed by atoms with Crippen LogP contribution in [0, 0.1) is 6.92 Å². The van der Waals surface area contributed by atoms with Gasteiger partial charge in [0, 0.05) is 11.6 Å². The number of Topliss-reactive ketones (excluding diaryl/α,β-unsaturated/α-hetero) is 1. The molecule has 3 aromatic carbocycles. The third-order valence-corrected chi connectivity index (χ3v) is 5.63. The molecule has 1 aliphatic rings. The molecule has 0 bridgehead atoms. The number of carbonyl (C=O) groups excluding carboxylic acids is 1. The van der Waals surface area contributed by atoms with Crippen molar-refractivity contribution in [3.8, 4) is 16.9 Å². The van der Waals surface area contributed by atoms with Crippen LogP contribution in [0.3, 0.4) is 0 Å². The molecule has 4 aromatic rings. The van der Waals surface area contributed by atoms with Gasteiger partial charge in [0.05, 0.1) is 11.5 Å². The minimum atomic E-state index is -0.829. The number of benzene rings is 3. The van der Waals surface area contributed by atoms with Gasteiger partial charge in [-0.2, -0.15) is 0 Å². The van der Waals surface area contributed by atoms with Crippen LogP contribution in [-0.4, -0.2) is 11.9 Å². The Bertz CT molecular complexity index is 1290. The average molecular weight is 408 g/mol. The largest absolute Gasteiger partial charge is 0.481 e. The van der Waals surface area contributed by atoms with Gasteiger partial charge in [0.2, 0.25) is 5.78 Å². The number of rotatable bonds is 4. The van der Waals surface area contributed by atoms with Crippen LogP contribution in [0.15, 0.2) is 100 Å². The summed E-state index contributed by atoms with van der Waals surface area (Å²) in [6, 6.07) is 28.6. The maximum absolute atomic E-state index is 13.5. The third-order valence-electron chi connectivity index (χ3n) is 5.63. The number of aryl methyl sites for hydroxylation is 1. The van der Waals surface area contributed by atoms with Gasteiger partial charge in [0.1, 0.15) is 11.5 Å². The summed E-state index contributed by atoms with van der Waals surface area (Å²) in [4.78, 5) is 26.1. The van der Waals surface area contributed by atoms with Gasteiger partial charge in [0.25, 0.3) is 0 Å². The zero-order valence-corrected chi connectivity index (χ0v) is 16.9. The first-order chi connectivity index (χ1) is 15.1. The first-order valence-corrected chi connectivity index (χ1v) is 10.2. The summed E-state index contributed by atoms with van der Waals surface area (Å²) in [5.41, 5.74) is 3.44. The van der Waals surface area contributed by atoms with E-state index in [-0.39, 0.29) is 5.78 Å². The molecular weight excluding hydrogens is 388 g/mol. The topological polar surface area (TPSA) is 56.5 Å². The van der Waals surface area contributed by atoms with Crippen LogP contribution in [-0.2, 0) is 0 Å². The van der Waals surface area contributed by atoms with Gasteiger partial charge in [-0.05, 0) is 23.6 Å². The van der Waals surface area contributed by atoms with Crippen LogP contribution in [0.2, 0.25) is 0 Å². The van der Waals surface area contributed by atoms with E-state index in [1.165, 1.54) is 0 Å². The Balaban J connectivity index is 1.53. The lowest BCUT2D eigenvalue weighted by Gasteiger charge is -2.18. The van der Waals surface area contributed by atoms with Crippen LogP contribution in [0.25, 0.3) is 11.1 Å². The SMILES string of the molecule is Cc1cc2c(c(=O)o1)C(c1ccccc1)C(C(=O)c1ccc(-c3ccccc3)cc1)O2. The van der Waals surface area contributed by atoms with Crippen LogP contribution < -0.4 is 10.4 Å². The number of hydrogen-bond acceptors (Lipinski definition) is 4. The molecule has 0 saturated heterocycles. The first-order valence-electron chi connectivity index (χ1n) is 10.2. The lowest BCUT2D eigenvalue weighted by Crippen LogP contribution is -2.31. The Hall–Kier alpha value is -3.92. The molecule has 4 heteroatoms. The molecule has 0 saturated carbocycles. The summed E-state index contributed by atoms with van der Waals surface area (Å²) in [7, 11) is 0. The molecular formula is C27H20O4. The predicted octanol–water partition coefficient (Wildman–Crippen LogP) is 5.39. The van der Waals surface area contributed by atoms with Crippen molar-refractivity contribution >= 4 is 5.78 Å². The van der Waals surface area contributed by atoms with E-state index in [0.29, 0.717) is 22.6 Å². The van der Waals surface area contributed by atoms with Crippen molar-refractivity contribution in [3.63, 3.8) is 0 Å². The van der Waals surface area contributed by atoms with Crippen LogP contribution in [0.5, 0.6) is 5.75 Å². The van der Waals surface area contributed by atoms with Crippen molar-refractivity contribution in [2.75, 3.05) is 0 Å². The number of ether oxygens (including phenoxy) is 1. The van der Waals surface area contributed by atoms with E-state index in [0.717, 1.165) is 16.7 Å². The quantitative estimate of drug-likeness (QED) is 0.425. The second kappa shape index (κ2) is 7.73. The number of ketones is 1. The molecule has 0 radical (unpaired) electrons. The Morgan fingerprint density at radius 3 is 2.10 bits per heavy atom. The van der Waals surface area contributed by atoms with Gasteiger partial charge in [-0.15, -0.1) is 0 Å². The molecule has 2 unspecified atom stereocenters. The Labute approximate surface area is 179 Å².